The van der Waals surface area contributed by atoms with Crippen LogP contribution in [-0.4, -0.2) is 29.6 Å². The van der Waals surface area contributed by atoms with Crippen LogP contribution in [0.5, 0.6) is 5.75 Å². The molecule has 0 aliphatic rings. The van der Waals surface area contributed by atoms with E-state index in [1.807, 2.05) is 11.6 Å². The summed E-state index contributed by atoms with van der Waals surface area (Å²) in [6.07, 6.45) is 1.63. The van der Waals surface area contributed by atoms with Crippen LogP contribution in [-0.2, 0) is 19.4 Å². The van der Waals surface area contributed by atoms with Gasteiger partial charge in [0.2, 0.25) is 5.16 Å². The quantitative estimate of drug-likeness (QED) is 0.533. The van der Waals surface area contributed by atoms with Gasteiger partial charge in [0, 0.05) is 7.05 Å². The van der Waals surface area contributed by atoms with Crippen LogP contribution in [0.4, 0.5) is 4.39 Å². The van der Waals surface area contributed by atoms with E-state index in [4.69, 9.17) is 10.6 Å². The van der Waals surface area contributed by atoms with Gasteiger partial charge in [0.25, 0.3) is 0 Å². The minimum atomic E-state index is -0.318. The first kappa shape index (κ1) is 15.3. The number of nitrogen functional groups attached to an aromatic ring is 1. The lowest BCUT2D eigenvalue weighted by Gasteiger charge is -2.06. The third kappa shape index (κ3) is 3.59. The van der Waals surface area contributed by atoms with Gasteiger partial charge in [0.15, 0.2) is 5.82 Å². The number of hydrogen-bond donors (Lipinski definition) is 1. The Labute approximate surface area is 135 Å². The van der Waals surface area contributed by atoms with Crippen LogP contribution >= 0.6 is 11.8 Å². The molecule has 8 nitrogen and oxygen atoms in total. The molecule has 23 heavy (non-hydrogen) atoms. The third-order valence-electron chi connectivity index (χ3n) is 3.05. The first-order chi connectivity index (χ1) is 11.1. The van der Waals surface area contributed by atoms with Gasteiger partial charge in [0.05, 0.1) is 5.75 Å². The Morgan fingerprint density at radius 1 is 1.17 bits per heavy atom. The molecule has 0 fully saturated rings. The Hall–Kier alpha value is -2.62. The Bertz CT molecular complexity index is 786. The summed E-state index contributed by atoms with van der Waals surface area (Å²) in [5, 5.41) is 16.4. The average molecular weight is 335 g/mol. The van der Waals surface area contributed by atoms with E-state index in [-0.39, 0.29) is 12.4 Å². The summed E-state index contributed by atoms with van der Waals surface area (Å²) in [6, 6.07) is 5.72. The summed E-state index contributed by atoms with van der Waals surface area (Å²) in [4.78, 5) is 0. The second-order valence-electron chi connectivity index (χ2n) is 4.66. The number of aromatic nitrogens is 6. The molecule has 0 amide bonds. The Morgan fingerprint density at radius 2 is 1.96 bits per heavy atom. The van der Waals surface area contributed by atoms with Crippen LogP contribution in [0.2, 0.25) is 0 Å². The van der Waals surface area contributed by atoms with Crippen LogP contribution in [0, 0.1) is 5.82 Å². The van der Waals surface area contributed by atoms with Gasteiger partial charge in [-0.05, 0) is 24.3 Å². The summed E-state index contributed by atoms with van der Waals surface area (Å²) in [5.41, 5.74) is 0. The zero-order valence-electron chi connectivity index (χ0n) is 12.3. The molecule has 0 saturated carbocycles. The van der Waals surface area contributed by atoms with Crippen molar-refractivity contribution in [2.24, 2.45) is 7.05 Å². The van der Waals surface area contributed by atoms with Crippen molar-refractivity contribution in [3.8, 4) is 5.75 Å². The Kier molecular flexibility index (Phi) is 4.42. The fourth-order valence-electron chi connectivity index (χ4n) is 1.75. The van der Waals surface area contributed by atoms with Crippen molar-refractivity contribution in [3.63, 3.8) is 0 Å². The van der Waals surface area contributed by atoms with E-state index in [1.54, 1.807) is 6.33 Å². The molecule has 0 radical (unpaired) electrons. The lowest BCUT2D eigenvalue weighted by Crippen LogP contribution is -2.15. The lowest BCUT2D eigenvalue weighted by molar-refractivity contribution is 0.291. The molecule has 0 unspecified atom stereocenters. The predicted molar refractivity (Wildman–Crippen MR) is 81.5 cm³/mol. The molecule has 0 bridgehead atoms. The van der Waals surface area contributed by atoms with Crippen molar-refractivity contribution in [2.45, 2.75) is 17.5 Å². The van der Waals surface area contributed by atoms with Gasteiger partial charge in [-0.2, -0.15) is 0 Å². The number of aryl methyl sites for hydroxylation is 1. The van der Waals surface area contributed by atoms with Gasteiger partial charge in [0.1, 0.15) is 30.3 Å². The number of ether oxygens (including phenoxy) is 1. The summed E-state index contributed by atoms with van der Waals surface area (Å²) < 4.78 is 21.5. The first-order valence-corrected chi connectivity index (χ1v) is 7.65. The minimum absolute atomic E-state index is 0.139. The fourth-order valence-corrected chi connectivity index (χ4v) is 2.61. The summed E-state index contributed by atoms with van der Waals surface area (Å²) >= 11 is 1.40. The van der Waals surface area contributed by atoms with E-state index < -0.39 is 0 Å². The van der Waals surface area contributed by atoms with E-state index in [9.17, 15) is 4.39 Å². The maximum atomic E-state index is 12.8. The van der Waals surface area contributed by atoms with E-state index in [0.29, 0.717) is 22.5 Å². The molecule has 0 aliphatic heterocycles. The molecular weight excluding hydrogens is 321 g/mol. The first-order valence-electron chi connectivity index (χ1n) is 6.67. The van der Waals surface area contributed by atoms with Crippen molar-refractivity contribution < 1.29 is 9.13 Å². The van der Waals surface area contributed by atoms with Gasteiger partial charge < -0.3 is 15.1 Å². The topological polar surface area (TPSA) is 96.7 Å². The zero-order valence-corrected chi connectivity index (χ0v) is 13.1. The van der Waals surface area contributed by atoms with Crippen LogP contribution < -0.4 is 10.6 Å². The highest BCUT2D eigenvalue weighted by Gasteiger charge is 2.12. The molecule has 0 atom stereocenters. The van der Waals surface area contributed by atoms with Crippen LogP contribution in [0.15, 0.2) is 35.7 Å². The summed E-state index contributed by atoms with van der Waals surface area (Å²) in [7, 11) is 1.87. The maximum absolute atomic E-state index is 12.8. The Morgan fingerprint density at radius 3 is 2.65 bits per heavy atom. The average Bonchev–Trinajstić information content (AvgIpc) is 3.11. The van der Waals surface area contributed by atoms with Crippen molar-refractivity contribution in [2.75, 3.05) is 5.84 Å². The van der Waals surface area contributed by atoms with Crippen molar-refractivity contribution in [1.82, 2.24) is 29.6 Å². The van der Waals surface area contributed by atoms with E-state index >= 15 is 0 Å². The van der Waals surface area contributed by atoms with Crippen molar-refractivity contribution in [3.05, 3.63) is 48.1 Å². The van der Waals surface area contributed by atoms with Gasteiger partial charge in [-0.15, -0.1) is 20.4 Å². The molecule has 0 aliphatic carbocycles. The van der Waals surface area contributed by atoms with Crippen molar-refractivity contribution in [1.29, 1.82) is 0 Å². The van der Waals surface area contributed by atoms with Gasteiger partial charge >= 0.3 is 0 Å². The Balaban J connectivity index is 1.60. The number of benzene rings is 1. The molecule has 10 heteroatoms. The lowest BCUT2D eigenvalue weighted by atomic mass is 10.3. The van der Waals surface area contributed by atoms with Gasteiger partial charge in [-0.1, -0.05) is 11.8 Å². The third-order valence-corrected chi connectivity index (χ3v) is 3.99. The van der Waals surface area contributed by atoms with Gasteiger partial charge in [-0.25, -0.2) is 9.07 Å². The molecule has 1 aromatic carbocycles. The number of hydrogen-bond acceptors (Lipinski definition) is 7. The summed E-state index contributed by atoms with van der Waals surface area (Å²) in [5.74, 6) is 8.02. The van der Waals surface area contributed by atoms with Crippen molar-refractivity contribution >= 4 is 11.8 Å². The fraction of sp³-hybridized carbons (Fsp3) is 0.231. The van der Waals surface area contributed by atoms with E-state index in [1.165, 1.54) is 40.7 Å². The molecular formula is C13H14FN7OS. The molecule has 0 saturated heterocycles. The minimum Gasteiger partial charge on any atom is -0.486 e. The highest BCUT2D eigenvalue weighted by Crippen LogP contribution is 2.19. The number of thioether (sulfide) groups is 1. The van der Waals surface area contributed by atoms with Crippen LogP contribution in [0.25, 0.3) is 0 Å². The van der Waals surface area contributed by atoms with Gasteiger partial charge in [-0.3, -0.25) is 0 Å². The predicted octanol–water partition coefficient (Wildman–Crippen LogP) is 1.13. The van der Waals surface area contributed by atoms with E-state index in [0.717, 1.165) is 5.82 Å². The molecule has 2 N–H and O–H groups in total. The molecule has 120 valence electrons. The summed E-state index contributed by atoms with van der Waals surface area (Å²) in [6.45, 7) is 0.139. The SMILES string of the molecule is Cn1cnnc1CSc1nnc(COc2ccc(F)cc2)n1N. The molecule has 0 spiro atoms. The molecule has 3 aromatic rings. The zero-order chi connectivity index (χ0) is 16.2. The van der Waals surface area contributed by atoms with E-state index in [2.05, 4.69) is 20.4 Å². The smallest absolute Gasteiger partial charge is 0.210 e. The highest BCUT2D eigenvalue weighted by molar-refractivity contribution is 7.98. The number of halogens is 1. The molecule has 3 rings (SSSR count). The van der Waals surface area contributed by atoms with Crippen LogP contribution in [0.1, 0.15) is 11.6 Å². The second-order valence-corrected chi connectivity index (χ2v) is 5.60. The maximum Gasteiger partial charge on any atom is 0.210 e. The largest absolute Gasteiger partial charge is 0.486 e. The number of nitrogens with two attached hydrogens (primary N) is 1. The molecule has 2 aromatic heterocycles. The second kappa shape index (κ2) is 6.65. The standard InChI is InChI=1S/C13H14FN7OS/c1-20-8-16-17-12(20)7-23-13-19-18-11(21(13)15)6-22-10-4-2-9(14)3-5-10/h2-5,8H,6-7,15H2,1H3. The monoisotopic (exact) mass is 335 g/mol. The normalized spacial score (nSPS) is 10.9. The van der Waals surface area contributed by atoms with Crippen LogP contribution in [0.3, 0.4) is 0 Å². The number of nitrogens with zero attached hydrogens (tertiary/aromatic N) is 6. The molecule has 2 heterocycles. The number of rotatable bonds is 6. The highest BCUT2D eigenvalue weighted by atomic mass is 32.2.